The summed E-state index contributed by atoms with van der Waals surface area (Å²) < 4.78 is 1.43. The number of nitrogens with one attached hydrogen (secondary N) is 1. The van der Waals surface area contributed by atoms with Crippen LogP contribution in [0.2, 0.25) is 0 Å². The highest BCUT2D eigenvalue weighted by atomic mass is 16.6. The summed E-state index contributed by atoms with van der Waals surface area (Å²) >= 11 is 0. The highest BCUT2D eigenvalue weighted by Crippen LogP contribution is 2.04. The molecule has 0 saturated carbocycles. The minimum absolute atomic E-state index is 0.0953. The van der Waals surface area contributed by atoms with Crippen LogP contribution in [0.3, 0.4) is 0 Å². The smallest absolute Gasteiger partial charge is 0.275 e. The van der Waals surface area contributed by atoms with Crippen molar-refractivity contribution in [3.63, 3.8) is 0 Å². The van der Waals surface area contributed by atoms with Gasteiger partial charge in [-0.1, -0.05) is 35.5 Å². The SMILES string of the molecule is CC(=NOCc1ccccc1)c1c(C)[nH]n(C)c1=O. The van der Waals surface area contributed by atoms with E-state index in [1.807, 2.05) is 37.3 Å². The number of aromatic amines is 1. The fourth-order valence-corrected chi connectivity index (χ4v) is 1.94. The Kier molecular flexibility index (Phi) is 3.85. The Bertz CT molecular complexity index is 638. The van der Waals surface area contributed by atoms with Gasteiger partial charge in [-0.3, -0.25) is 14.6 Å². The maximum absolute atomic E-state index is 11.9. The maximum Gasteiger partial charge on any atom is 0.275 e. The lowest BCUT2D eigenvalue weighted by Gasteiger charge is -2.01. The Hall–Kier alpha value is -2.30. The predicted octanol–water partition coefficient (Wildman–Crippen LogP) is 1.96. The van der Waals surface area contributed by atoms with E-state index >= 15 is 0 Å². The second-order valence-corrected chi connectivity index (χ2v) is 4.41. The van der Waals surface area contributed by atoms with Crippen molar-refractivity contribution in [2.24, 2.45) is 12.2 Å². The van der Waals surface area contributed by atoms with Crippen LogP contribution in [0.25, 0.3) is 0 Å². The van der Waals surface area contributed by atoms with Crippen LogP contribution < -0.4 is 5.56 Å². The van der Waals surface area contributed by atoms with Crippen molar-refractivity contribution in [2.75, 3.05) is 0 Å². The highest BCUT2D eigenvalue weighted by molar-refractivity contribution is 5.98. The first kappa shape index (κ1) is 13.1. The van der Waals surface area contributed by atoms with E-state index in [0.717, 1.165) is 11.3 Å². The van der Waals surface area contributed by atoms with Crippen molar-refractivity contribution in [3.05, 3.63) is 57.5 Å². The number of oxime groups is 1. The molecule has 0 aliphatic rings. The van der Waals surface area contributed by atoms with E-state index < -0.39 is 0 Å². The standard InChI is InChI=1S/C14H17N3O2/c1-10-13(14(18)17(3)15-10)11(2)16-19-9-12-7-5-4-6-8-12/h4-8,15H,9H2,1-3H3. The molecule has 1 N–H and O–H groups in total. The zero-order chi connectivity index (χ0) is 13.8. The van der Waals surface area contributed by atoms with Gasteiger partial charge in [-0.05, 0) is 19.4 Å². The molecule has 0 aliphatic heterocycles. The maximum atomic E-state index is 11.9. The summed E-state index contributed by atoms with van der Waals surface area (Å²) in [6.45, 7) is 4.00. The molecule has 0 radical (unpaired) electrons. The van der Waals surface area contributed by atoms with Gasteiger partial charge in [0, 0.05) is 12.7 Å². The van der Waals surface area contributed by atoms with Gasteiger partial charge >= 0.3 is 0 Å². The monoisotopic (exact) mass is 259 g/mol. The number of aryl methyl sites for hydroxylation is 2. The second kappa shape index (κ2) is 5.56. The number of rotatable bonds is 4. The molecule has 0 atom stereocenters. The van der Waals surface area contributed by atoms with E-state index in [1.165, 1.54) is 4.68 Å². The predicted molar refractivity (Wildman–Crippen MR) is 74.2 cm³/mol. The molecule has 2 rings (SSSR count). The summed E-state index contributed by atoms with van der Waals surface area (Å²) in [6.07, 6.45) is 0. The number of aromatic nitrogens is 2. The Balaban J connectivity index is 2.09. The van der Waals surface area contributed by atoms with Crippen molar-refractivity contribution in [2.45, 2.75) is 20.5 Å². The summed E-state index contributed by atoms with van der Waals surface area (Å²) in [5, 5.41) is 6.94. The summed E-state index contributed by atoms with van der Waals surface area (Å²) in [7, 11) is 1.68. The van der Waals surface area contributed by atoms with Gasteiger partial charge in [-0.2, -0.15) is 0 Å². The zero-order valence-electron chi connectivity index (χ0n) is 11.3. The van der Waals surface area contributed by atoms with E-state index in [0.29, 0.717) is 17.9 Å². The fourth-order valence-electron chi connectivity index (χ4n) is 1.94. The van der Waals surface area contributed by atoms with E-state index in [-0.39, 0.29) is 5.56 Å². The van der Waals surface area contributed by atoms with Gasteiger partial charge in [0.2, 0.25) is 0 Å². The average Bonchev–Trinajstić information content (AvgIpc) is 2.64. The molecule has 0 aliphatic carbocycles. The zero-order valence-corrected chi connectivity index (χ0v) is 11.3. The third kappa shape index (κ3) is 2.93. The van der Waals surface area contributed by atoms with Crippen LogP contribution in [-0.4, -0.2) is 15.5 Å². The molecule has 2 aromatic rings. The quantitative estimate of drug-likeness (QED) is 0.674. The van der Waals surface area contributed by atoms with Crippen molar-refractivity contribution in [1.82, 2.24) is 9.78 Å². The molecule has 0 amide bonds. The third-order valence-corrected chi connectivity index (χ3v) is 2.87. The minimum atomic E-state index is -0.0953. The first-order valence-corrected chi connectivity index (χ1v) is 6.06. The molecular formula is C14H17N3O2. The molecule has 1 aromatic carbocycles. The molecular weight excluding hydrogens is 242 g/mol. The highest BCUT2D eigenvalue weighted by Gasteiger charge is 2.12. The molecule has 100 valence electrons. The summed E-state index contributed by atoms with van der Waals surface area (Å²) in [5.41, 5.74) is 2.88. The van der Waals surface area contributed by atoms with Gasteiger partial charge in [0.25, 0.3) is 5.56 Å². The number of benzene rings is 1. The summed E-state index contributed by atoms with van der Waals surface area (Å²) in [6, 6.07) is 9.77. The number of hydrogen-bond acceptors (Lipinski definition) is 3. The van der Waals surface area contributed by atoms with Crippen molar-refractivity contribution < 1.29 is 4.84 Å². The summed E-state index contributed by atoms with van der Waals surface area (Å²) in [4.78, 5) is 17.1. The molecule has 1 heterocycles. The first-order chi connectivity index (χ1) is 9.09. The lowest BCUT2D eigenvalue weighted by molar-refractivity contribution is 0.130. The minimum Gasteiger partial charge on any atom is -0.391 e. The molecule has 5 nitrogen and oxygen atoms in total. The van der Waals surface area contributed by atoms with Gasteiger partial charge in [0.15, 0.2) is 0 Å². The Morgan fingerprint density at radius 3 is 2.63 bits per heavy atom. The number of nitrogens with zero attached hydrogens (tertiary/aromatic N) is 2. The normalized spacial score (nSPS) is 11.6. The molecule has 5 heteroatoms. The molecule has 1 aromatic heterocycles. The van der Waals surface area contributed by atoms with E-state index in [4.69, 9.17) is 4.84 Å². The third-order valence-electron chi connectivity index (χ3n) is 2.87. The van der Waals surface area contributed by atoms with Gasteiger partial charge in [0.05, 0.1) is 11.3 Å². The average molecular weight is 259 g/mol. The van der Waals surface area contributed by atoms with E-state index in [2.05, 4.69) is 10.3 Å². The van der Waals surface area contributed by atoms with E-state index in [1.54, 1.807) is 14.0 Å². The molecule has 0 bridgehead atoms. The van der Waals surface area contributed by atoms with Crippen LogP contribution in [0, 0.1) is 6.92 Å². The summed E-state index contributed by atoms with van der Waals surface area (Å²) in [5.74, 6) is 0. The Labute approximate surface area is 111 Å². The van der Waals surface area contributed by atoms with E-state index in [9.17, 15) is 4.79 Å². The van der Waals surface area contributed by atoms with Gasteiger partial charge in [-0.15, -0.1) is 0 Å². The molecule has 0 unspecified atom stereocenters. The van der Waals surface area contributed by atoms with Crippen LogP contribution in [0.1, 0.15) is 23.7 Å². The lowest BCUT2D eigenvalue weighted by Crippen LogP contribution is -2.18. The lowest BCUT2D eigenvalue weighted by atomic mass is 10.2. The van der Waals surface area contributed by atoms with Crippen LogP contribution in [0.15, 0.2) is 40.3 Å². The van der Waals surface area contributed by atoms with Crippen molar-refractivity contribution >= 4 is 5.71 Å². The van der Waals surface area contributed by atoms with Crippen LogP contribution in [0.5, 0.6) is 0 Å². The van der Waals surface area contributed by atoms with Crippen LogP contribution >= 0.6 is 0 Å². The fraction of sp³-hybridized carbons (Fsp3) is 0.286. The van der Waals surface area contributed by atoms with Gasteiger partial charge in [-0.25, -0.2) is 0 Å². The van der Waals surface area contributed by atoms with Gasteiger partial charge in [0.1, 0.15) is 6.61 Å². The number of hydrogen-bond donors (Lipinski definition) is 1. The second-order valence-electron chi connectivity index (χ2n) is 4.41. The largest absolute Gasteiger partial charge is 0.391 e. The first-order valence-electron chi connectivity index (χ1n) is 6.06. The van der Waals surface area contributed by atoms with Crippen molar-refractivity contribution in [1.29, 1.82) is 0 Å². The molecule has 19 heavy (non-hydrogen) atoms. The number of H-pyrrole nitrogens is 1. The van der Waals surface area contributed by atoms with Crippen molar-refractivity contribution in [3.8, 4) is 0 Å². The van der Waals surface area contributed by atoms with Crippen LogP contribution in [-0.2, 0) is 18.5 Å². The topological polar surface area (TPSA) is 59.4 Å². The molecule has 0 spiro atoms. The van der Waals surface area contributed by atoms with Crippen LogP contribution in [0.4, 0.5) is 0 Å². The molecule has 0 fully saturated rings. The van der Waals surface area contributed by atoms with Gasteiger partial charge < -0.3 is 4.84 Å². The Morgan fingerprint density at radius 2 is 2.05 bits per heavy atom. The Morgan fingerprint density at radius 1 is 1.37 bits per heavy atom. The molecule has 0 saturated heterocycles.